The van der Waals surface area contributed by atoms with Crippen molar-refractivity contribution in [3.05, 3.63) is 11.4 Å². The summed E-state index contributed by atoms with van der Waals surface area (Å²) >= 11 is 0. The van der Waals surface area contributed by atoms with Crippen LogP contribution in [0.1, 0.15) is 55.7 Å². The molecular formula is C13H20N4O3. The molecule has 1 amide bonds. The summed E-state index contributed by atoms with van der Waals surface area (Å²) in [6.07, 6.45) is 1.86. The van der Waals surface area contributed by atoms with Gasteiger partial charge in [-0.15, -0.1) is 5.10 Å². The summed E-state index contributed by atoms with van der Waals surface area (Å²) in [6, 6.07) is 0.0642. The summed E-state index contributed by atoms with van der Waals surface area (Å²) in [5.41, 5.74) is 0.544. The fourth-order valence-corrected chi connectivity index (χ4v) is 1.95. The predicted molar refractivity (Wildman–Crippen MR) is 71.4 cm³/mol. The second kappa shape index (κ2) is 5.60. The lowest BCUT2D eigenvalue weighted by atomic mass is 10.1. The molecule has 1 aromatic heterocycles. The second-order valence-electron chi connectivity index (χ2n) is 5.66. The van der Waals surface area contributed by atoms with Crippen molar-refractivity contribution in [2.24, 2.45) is 5.92 Å². The molecule has 1 fully saturated rings. The Labute approximate surface area is 117 Å². The molecule has 2 rings (SSSR count). The topological polar surface area (TPSA) is 97.1 Å². The highest BCUT2D eigenvalue weighted by molar-refractivity contribution is 5.87. The zero-order valence-electron chi connectivity index (χ0n) is 12.0. The van der Waals surface area contributed by atoms with Crippen molar-refractivity contribution in [3.63, 3.8) is 0 Å². The maximum Gasteiger partial charge on any atom is 0.358 e. The zero-order valence-corrected chi connectivity index (χ0v) is 12.0. The normalized spacial score (nSPS) is 16.2. The number of nitrogens with one attached hydrogen (secondary N) is 1. The van der Waals surface area contributed by atoms with E-state index in [1.165, 1.54) is 4.68 Å². The van der Waals surface area contributed by atoms with Gasteiger partial charge in [-0.3, -0.25) is 4.79 Å². The average Bonchev–Trinajstić information content (AvgIpc) is 3.10. The third kappa shape index (κ3) is 3.15. The largest absolute Gasteiger partial charge is 0.476 e. The third-order valence-electron chi connectivity index (χ3n) is 3.62. The van der Waals surface area contributed by atoms with Gasteiger partial charge in [0.05, 0.1) is 5.69 Å². The molecule has 0 spiro atoms. The Morgan fingerprint density at radius 1 is 1.40 bits per heavy atom. The van der Waals surface area contributed by atoms with E-state index in [-0.39, 0.29) is 30.1 Å². The Morgan fingerprint density at radius 2 is 2.05 bits per heavy atom. The molecule has 1 unspecified atom stereocenters. The number of carbonyl (C=O) groups is 2. The lowest BCUT2D eigenvalue weighted by molar-refractivity contribution is -0.122. The van der Waals surface area contributed by atoms with E-state index in [1.54, 1.807) is 0 Å². The standard InChI is InChI=1S/C13H20N4O3/c1-7(2)8(3)14-10(18)6-17-12(9-4-5-9)11(13(19)20)15-16-17/h7-9H,4-6H2,1-3H3,(H,14,18)(H,19,20). The summed E-state index contributed by atoms with van der Waals surface area (Å²) < 4.78 is 1.42. The summed E-state index contributed by atoms with van der Waals surface area (Å²) in [4.78, 5) is 23.1. The van der Waals surface area contributed by atoms with Gasteiger partial charge in [0.1, 0.15) is 6.54 Å². The van der Waals surface area contributed by atoms with Crippen molar-refractivity contribution in [2.75, 3.05) is 0 Å². The van der Waals surface area contributed by atoms with Gasteiger partial charge in [-0.25, -0.2) is 9.48 Å². The number of carboxylic acids is 1. The van der Waals surface area contributed by atoms with Crippen molar-refractivity contribution in [1.82, 2.24) is 20.3 Å². The average molecular weight is 280 g/mol. The van der Waals surface area contributed by atoms with Crippen LogP contribution in [-0.4, -0.2) is 38.0 Å². The van der Waals surface area contributed by atoms with Gasteiger partial charge in [0.25, 0.3) is 0 Å². The number of rotatable bonds is 6. The van der Waals surface area contributed by atoms with E-state index in [4.69, 9.17) is 5.11 Å². The Kier molecular flexibility index (Phi) is 4.06. The van der Waals surface area contributed by atoms with Gasteiger partial charge in [-0.05, 0) is 25.7 Å². The van der Waals surface area contributed by atoms with Crippen LogP contribution in [0.5, 0.6) is 0 Å². The Hall–Kier alpha value is -1.92. The maximum atomic E-state index is 12.0. The van der Waals surface area contributed by atoms with Crippen LogP contribution in [0.3, 0.4) is 0 Å². The van der Waals surface area contributed by atoms with E-state index < -0.39 is 5.97 Å². The molecule has 0 saturated heterocycles. The van der Waals surface area contributed by atoms with Gasteiger partial charge in [-0.1, -0.05) is 19.1 Å². The van der Waals surface area contributed by atoms with E-state index in [0.29, 0.717) is 11.6 Å². The molecule has 0 aromatic carbocycles. The highest BCUT2D eigenvalue weighted by Gasteiger charge is 2.34. The van der Waals surface area contributed by atoms with Gasteiger partial charge in [0.15, 0.2) is 5.69 Å². The molecule has 7 heteroatoms. The van der Waals surface area contributed by atoms with Gasteiger partial charge >= 0.3 is 5.97 Å². The van der Waals surface area contributed by atoms with Crippen LogP contribution in [0.25, 0.3) is 0 Å². The Bertz CT molecular complexity index is 520. The van der Waals surface area contributed by atoms with E-state index in [9.17, 15) is 9.59 Å². The molecule has 1 aliphatic carbocycles. The predicted octanol–water partition coefficient (Wildman–Crippen LogP) is 1.01. The minimum absolute atomic E-state index is 0.0170. The van der Waals surface area contributed by atoms with Crippen molar-refractivity contribution in [2.45, 2.75) is 52.1 Å². The molecular weight excluding hydrogens is 260 g/mol. The first-order valence-electron chi connectivity index (χ1n) is 6.86. The molecule has 1 aliphatic rings. The number of hydrogen-bond acceptors (Lipinski definition) is 4. The molecule has 1 saturated carbocycles. The van der Waals surface area contributed by atoms with Gasteiger partial charge in [-0.2, -0.15) is 0 Å². The molecule has 1 aromatic rings. The van der Waals surface area contributed by atoms with E-state index in [1.807, 2.05) is 20.8 Å². The van der Waals surface area contributed by atoms with Crippen LogP contribution < -0.4 is 5.32 Å². The quantitative estimate of drug-likeness (QED) is 0.810. The minimum Gasteiger partial charge on any atom is -0.476 e. The van der Waals surface area contributed by atoms with Gasteiger partial charge in [0, 0.05) is 12.0 Å². The van der Waals surface area contributed by atoms with Crippen LogP contribution in [0.4, 0.5) is 0 Å². The van der Waals surface area contributed by atoms with Crippen molar-refractivity contribution in [1.29, 1.82) is 0 Å². The summed E-state index contributed by atoms with van der Waals surface area (Å²) in [5, 5.41) is 19.5. The monoisotopic (exact) mass is 280 g/mol. The summed E-state index contributed by atoms with van der Waals surface area (Å²) in [7, 11) is 0. The molecule has 0 radical (unpaired) electrons. The summed E-state index contributed by atoms with van der Waals surface area (Å²) in [5.74, 6) is -0.748. The molecule has 20 heavy (non-hydrogen) atoms. The number of carboxylic acid groups (broad SMARTS) is 1. The van der Waals surface area contributed by atoms with Crippen molar-refractivity contribution in [3.8, 4) is 0 Å². The van der Waals surface area contributed by atoms with Crippen LogP contribution in [0.15, 0.2) is 0 Å². The van der Waals surface area contributed by atoms with Crippen LogP contribution in [0, 0.1) is 5.92 Å². The first-order valence-corrected chi connectivity index (χ1v) is 6.86. The molecule has 2 N–H and O–H groups in total. The third-order valence-corrected chi connectivity index (χ3v) is 3.62. The second-order valence-corrected chi connectivity index (χ2v) is 5.66. The number of hydrogen-bond donors (Lipinski definition) is 2. The number of amides is 1. The SMILES string of the molecule is CC(C)C(C)NC(=O)Cn1nnc(C(=O)O)c1C1CC1. The first-order chi connectivity index (χ1) is 9.40. The fourth-order valence-electron chi connectivity index (χ4n) is 1.95. The van der Waals surface area contributed by atoms with E-state index >= 15 is 0 Å². The molecule has 1 heterocycles. The number of nitrogens with zero attached hydrogens (tertiary/aromatic N) is 3. The minimum atomic E-state index is -1.09. The highest BCUT2D eigenvalue weighted by atomic mass is 16.4. The number of aromatic carboxylic acids is 1. The fraction of sp³-hybridized carbons (Fsp3) is 0.692. The van der Waals surface area contributed by atoms with E-state index in [2.05, 4.69) is 15.6 Å². The van der Waals surface area contributed by atoms with Crippen molar-refractivity contribution >= 4 is 11.9 Å². The molecule has 1 atom stereocenters. The maximum absolute atomic E-state index is 12.0. The van der Waals surface area contributed by atoms with E-state index in [0.717, 1.165) is 12.8 Å². The molecule has 0 bridgehead atoms. The molecule has 0 aliphatic heterocycles. The van der Waals surface area contributed by atoms with Crippen LogP contribution in [-0.2, 0) is 11.3 Å². The smallest absolute Gasteiger partial charge is 0.358 e. The van der Waals surface area contributed by atoms with Crippen LogP contribution >= 0.6 is 0 Å². The molecule has 7 nitrogen and oxygen atoms in total. The molecule has 110 valence electrons. The first kappa shape index (κ1) is 14.5. The summed E-state index contributed by atoms with van der Waals surface area (Å²) in [6.45, 7) is 6.01. The Balaban J connectivity index is 2.09. The van der Waals surface area contributed by atoms with Gasteiger partial charge < -0.3 is 10.4 Å². The van der Waals surface area contributed by atoms with Crippen LogP contribution in [0.2, 0.25) is 0 Å². The lowest BCUT2D eigenvalue weighted by Crippen LogP contribution is -2.38. The zero-order chi connectivity index (χ0) is 14.9. The number of carbonyl (C=O) groups excluding carboxylic acids is 1. The number of aromatic nitrogens is 3. The highest BCUT2D eigenvalue weighted by Crippen LogP contribution is 2.41. The van der Waals surface area contributed by atoms with Crippen molar-refractivity contribution < 1.29 is 14.7 Å². The Morgan fingerprint density at radius 3 is 2.55 bits per heavy atom. The van der Waals surface area contributed by atoms with Gasteiger partial charge in [0.2, 0.25) is 5.91 Å². The lowest BCUT2D eigenvalue weighted by Gasteiger charge is -2.17.